The molecule has 0 aromatic carbocycles. The number of Topliss-reactive ketones (excluding diaryl/α,β-unsaturated/α-hetero) is 1. The second-order valence-electron chi connectivity index (χ2n) is 11.2. The maximum absolute atomic E-state index is 11.9. The minimum absolute atomic E-state index is 0.0309. The molecule has 5 heteroatoms. The Morgan fingerprint density at radius 3 is 1.81 bits per heavy atom. The predicted molar refractivity (Wildman–Crippen MR) is 189 cm³/mol. The van der Waals surface area contributed by atoms with Crippen LogP contribution in [0.5, 0.6) is 0 Å². The maximum Gasteiger partial charge on any atom is 0.160 e. The van der Waals surface area contributed by atoms with E-state index in [9.17, 15) is 9.90 Å². The van der Waals surface area contributed by atoms with E-state index in [1.807, 2.05) is 79.7 Å². The highest BCUT2D eigenvalue weighted by molar-refractivity contribution is 5.98. The average molecular weight is 593 g/mol. The van der Waals surface area contributed by atoms with E-state index in [0.29, 0.717) is 17.4 Å². The molecule has 0 aromatic heterocycles. The summed E-state index contributed by atoms with van der Waals surface area (Å²) in [6.07, 6.45) is 14.3. The van der Waals surface area contributed by atoms with Gasteiger partial charge in [-0.2, -0.15) is 0 Å². The lowest BCUT2D eigenvalue weighted by Crippen LogP contribution is -2.33. The van der Waals surface area contributed by atoms with Gasteiger partial charge in [0, 0.05) is 28.6 Å². The molecule has 2 N–H and O–H groups in total. The van der Waals surface area contributed by atoms with Crippen LogP contribution < -0.4 is 5.32 Å². The van der Waals surface area contributed by atoms with Gasteiger partial charge in [0.2, 0.25) is 0 Å². The largest absolute Gasteiger partial charge is 0.496 e. The lowest BCUT2D eigenvalue weighted by Gasteiger charge is -2.26. The molecule has 0 aromatic rings. The van der Waals surface area contributed by atoms with Crippen LogP contribution in [0.4, 0.5) is 0 Å². The number of rotatable bonds is 12. The first-order chi connectivity index (χ1) is 20.1. The molecule has 0 saturated heterocycles. The Labute approximate surface area is 264 Å². The lowest BCUT2D eigenvalue weighted by molar-refractivity contribution is -0.113. The first-order valence-electron chi connectivity index (χ1n) is 15.1. The first-order valence-corrected chi connectivity index (χ1v) is 15.1. The molecule has 0 bridgehead atoms. The third-order valence-electron chi connectivity index (χ3n) is 6.42. The normalized spacial score (nSPS) is 18.0. The fourth-order valence-electron chi connectivity index (χ4n) is 4.20. The summed E-state index contributed by atoms with van der Waals surface area (Å²) in [4.78, 5) is 16.3. The zero-order chi connectivity index (χ0) is 33.7. The van der Waals surface area contributed by atoms with E-state index in [1.165, 1.54) is 6.92 Å². The molecule has 43 heavy (non-hydrogen) atoms. The second kappa shape index (κ2) is 23.1. The Morgan fingerprint density at radius 2 is 1.49 bits per heavy atom. The van der Waals surface area contributed by atoms with Gasteiger partial charge in [0.05, 0.1) is 18.9 Å². The molecule has 0 amide bonds. The van der Waals surface area contributed by atoms with E-state index in [0.717, 1.165) is 77.1 Å². The van der Waals surface area contributed by atoms with E-state index in [1.54, 1.807) is 13.2 Å². The third kappa shape index (κ3) is 18.7. The number of ketones is 1. The van der Waals surface area contributed by atoms with Crippen molar-refractivity contribution in [3.8, 4) is 0 Å². The van der Waals surface area contributed by atoms with Crippen LogP contribution in [0.2, 0.25) is 0 Å². The summed E-state index contributed by atoms with van der Waals surface area (Å²) in [5.41, 5.74) is 8.39. The molecule has 1 rings (SSSR count). The van der Waals surface area contributed by atoms with Crippen molar-refractivity contribution in [3.05, 3.63) is 107 Å². The molecule has 0 atom stereocenters. The smallest absolute Gasteiger partial charge is 0.160 e. The van der Waals surface area contributed by atoms with E-state index in [2.05, 4.69) is 43.5 Å². The van der Waals surface area contributed by atoms with Crippen LogP contribution in [0, 0.1) is 0 Å². The summed E-state index contributed by atoms with van der Waals surface area (Å²) in [6, 6.07) is 0.552. The van der Waals surface area contributed by atoms with Gasteiger partial charge >= 0.3 is 0 Å². The minimum atomic E-state index is -0.0572. The van der Waals surface area contributed by atoms with Crippen LogP contribution in [-0.4, -0.2) is 35.9 Å². The summed E-state index contributed by atoms with van der Waals surface area (Å²) in [7, 11) is 1.61. The molecular weight excluding hydrogens is 532 g/mol. The van der Waals surface area contributed by atoms with E-state index < -0.39 is 0 Å². The number of nitrogens with one attached hydrogen (secondary N) is 1. The molecule has 1 fully saturated rings. The fraction of sp³-hybridized carbons (Fsp3) is 0.474. The number of carbonyl (C=O) groups is 1. The molecule has 0 spiro atoms. The highest BCUT2D eigenvalue weighted by Crippen LogP contribution is 2.28. The van der Waals surface area contributed by atoms with Crippen molar-refractivity contribution in [1.29, 1.82) is 0 Å². The van der Waals surface area contributed by atoms with Crippen molar-refractivity contribution in [2.75, 3.05) is 7.11 Å². The summed E-state index contributed by atoms with van der Waals surface area (Å²) < 4.78 is 5.44. The zero-order valence-electron chi connectivity index (χ0n) is 29.1. The topological polar surface area (TPSA) is 70.9 Å². The molecule has 1 aliphatic rings. The number of carbonyl (C=O) groups excluding carboxylic acids is 1. The number of nitrogens with zero attached hydrogens (tertiary/aromatic N) is 1. The number of aliphatic hydroxyl groups excluding tert-OH is 1. The van der Waals surface area contributed by atoms with Gasteiger partial charge in [0.1, 0.15) is 5.76 Å². The van der Waals surface area contributed by atoms with E-state index in [4.69, 9.17) is 4.74 Å². The van der Waals surface area contributed by atoms with Crippen LogP contribution in [-0.2, 0) is 9.53 Å². The Balaban J connectivity index is 0. The van der Waals surface area contributed by atoms with Crippen LogP contribution in [0.1, 0.15) is 101 Å². The van der Waals surface area contributed by atoms with Gasteiger partial charge in [-0.05, 0) is 118 Å². The van der Waals surface area contributed by atoms with Crippen molar-refractivity contribution in [3.63, 3.8) is 0 Å². The SMILES string of the molecule is C=C(C)/C(=C\C)N=C(C)CC.C=C(C)NC1CCC(O)CC1.C=C/C(C(C)=O)=C(C=C(C)C)/C(=C/C(=C)C)C(=C\C)/OC. The Kier molecular flexibility index (Phi) is 22.4. The first kappa shape index (κ1) is 41.7. The van der Waals surface area contributed by atoms with Gasteiger partial charge in [0.25, 0.3) is 0 Å². The number of aliphatic hydroxyl groups is 1. The van der Waals surface area contributed by atoms with Gasteiger partial charge in [0.15, 0.2) is 5.78 Å². The Bertz CT molecular complexity index is 1140. The summed E-state index contributed by atoms with van der Waals surface area (Å²) >= 11 is 0. The second-order valence-corrected chi connectivity index (χ2v) is 11.2. The van der Waals surface area contributed by atoms with Crippen molar-refractivity contribution in [1.82, 2.24) is 5.32 Å². The standard InChI is InChI=1S/C19H26O2.C10H17N.C9H17NO/c1-9-16(15(7)20)17(11-13(3)4)18(12-14(5)6)19(10-2)21-8;1-6-9(5)11-10(7-2)8(3)4;1-7(2)10-8-3-5-9(11)6-4-8/h9-12H,1,5H2,2-4,6-8H3;7H,3,6H2,1-2,4-5H3;8-11H,1,3-6H2,2H3/b17-16-,18-12-,19-10+;10-7+,11-9?;. The minimum Gasteiger partial charge on any atom is -0.496 e. The lowest BCUT2D eigenvalue weighted by atomic mass is 9.93. The molecule has 5 nitrogen and oxygen atoms in total. The molecule has 0 unspecified atom stereocenters. The monoisotopic (exact) mass is 592 g/mol. The predicted octanol–water partition coefficient (Wildman–Crippen LogP) is 9.83. The van der Waals surface area contributed by atoms with Crippen LogP contribution in [0.15, 0.2) is 112 Å². The zero-order valence-corrected chi connectivity index (χ0v) is 29.1. The highest BCUT2D eigenvalue weighted by atomic mass is 16.5. The molecule has 240 valence electrons. The van der Waals surface area contributed by atoms with Crippen LogP contribution in [0.25, 0.3) is 0 Å². The molecular formula is C38H60N2O3. The summed E-state index contributed by atoms with van der Waals surface area (Å²) in [6.45, 7) is 34.7. The van der Waals surface area contributed by atoms with Crippen LogP contribution in [0.3, 0.4) is 0 Å². The molecule has 1 aliphatic carbocycles. The fourth-order valence-corrected chi connectivity index (χ4v) is 4.20. The van der Waals surface area contributed by atoms with Gasteiger partial charge in [-0.3, -0.25) is 9.79 Å². The van der Waals surface area contributed by atoms with Crippen molar-refractivity contribution >= 4 is 11.5 Å². The molecule has 0 radical (unpaired) electrons. The van der Waals surface area contributed by atoms with Gasteiger partial charge in [-0.25, -0.2) is 0 Å². The Morgan fingerprint density at radius 1 is 0.930 bits per heavy atom. The quantitative estimate of drug-likeness (QED) is 0.102. The average Bonchev–Trinajstić information content (AvgIpc) is 2.92. The van der Waals surface area contributed by atoms with Crippen molar-refractivity contribution in [2.24, 2.45) is 4.99 Å². The Hall–Kier alpha value is -3.44. The van der Waals surface area contributed by atoms with Gasteiger partial charge in [-0.15, -0.1) is 0 Å². The van der Waals surface area contributed by atoms with Crippen molar-refractivity contribution in [2.45, 2.75) is 113 Å². The molecule has 0 aliphatic heterocycles. The van der Waals surface area contributed by atoms with Crippen molar-refractivity contribution < 1.29 is 14.6 Å². The number of methoxy groups -OCH3 is 1. The number of ether oxygens (including phenoxy) is 1. The molecule has 1 saturated carbocycles. The number of aliphatic imine (C=N–C) groups is 1. The van der Waals surface area contributed by atoms with Gasteiger partial charge < -0.3 is 15.2 Å². The van der Waals surface area contributed by atoms with E-state index >= 15 is 0 Å². The van der Waals surface area contributed by atoms with Crippen LogP contribution >= 0.6 is 0 Å². The third-order valence-corrected chi connectivity index (χ3v) is 6.42. The maximum atomic E-state index is 11.9. The number of hydrogen-bond donors (Lipinski definition) is 2. The number of hydrogen-bond acceptors (Lipinski definition) is 5. The molecule has 0 heterocycles. The summed E-state index contributed by atoms with van der Waals surface area (Å²) in [5.74, 6) is 0.669. The van der Waals surface area contributed by atoms with E-state index in [-0.39, 0.29) is 11.9 Å². The number of allylic oxidation sites excluding steroid dienone is 11. The summed E-state index contributed by atoms with van der Waals surface area (Å²) in [5, 5.41) is 12.5. The van der Waals surface area contributed by atoms with Gasteiger partial charge in [-0.1, -0.05) is 62.6 Å². The highest BCUT2D eigenvalue weighted by Gasteiger charge is 2.18.